The zero-order chi connectivity index (χ0) is 15.6. The molecule has 4 heteroatoms. The monoisotopic (exact) mass is 309 g/mol. The van der Waals surface area contributed by atoms with E-state index in [9.17, 15) is 0 Å². The first-order valence-electron chi connectivity index (χ1n) is 8.61. The lowest BCUT2D eigenvalue weighted by molar-refractivity contribution is 0.236. The maximum absolute atomic E-state index is 5.75. The van der Waals surface area contributed by atoms with Gasteiger partial charge in [0, 0.05) is 55.0 Å². The van der Waals surface area contributed by atoms with Crippen LogP contribution in [-0.4, -0.2) is 28.0 Å². The van der Waals surface area contributed by atoms with E-state index in [-0.39, 0.29) is 0 Å². The van der Waals surface area contributed by atoms with Crippen molar-refractivity contribution >= 4 is 0 Å². The van der Waals surface area contributed by atoms with Gasteiger partial charge >= 0.3 is 0 Å². The van der Waals surface area contributed by atoms with Gasteiger partial charge in [0.2, 0.25) is 0 Å². The lowest BCUT2D eigenvalue weighted by Gasteiger charge is -2.28. The quantitative estimate of drug-likeness (QED) is 0.849. The number of aromatic nitrogens is 2. The first kappa shape index (κ1) is 14.6. The fourth-order valence-electron chi connectivity index (χ4n) is 3.23. The van der Waals surface area contributed by atoms with Crippen LogP contribution >= 0.6 is 0 Å². The van der Waals surface area contributed by atoms with Crippen LogP contribution in [0.3, 0.4) is 0 Å². The highest BCUT2D eigenvalue weighted by Crippen LogP contribution is 2.38. The van der Waals surface area contributed by atoms with Crippen LogP contribution in [0.5, 0.6) is 5.75 Å². The fourth-order valence-corrected chi connectivity index (χ4v) is 3.23. The number of para-hydroxylation sites is 1. The van der Waals surface area contributed by atoms with Crippen LogP contribution in [-0.2, 0) is 19.5 Å². The van der Waals surface area contributed by atoms with Crippen molar-refractivity contribution in [3.8, 4) is 5.75 Å². The summed E-state index contributed by atoms with van der Waals surface area (Å²) in [6, 6.07) is 8.34. The lowest BCUT2D eigenvalue weighted by atomic mass is 10.1. The molecule has 0 N–H and O–H groups in total. The van der Waals surface area contributed by atoms with Crippen molar-refractivity contribution < 1.29 is 4.74 Å². The van der Waals surface area contributed by atoms with Crippen LogP contribution in [0.25, 0.3) is 0 Å². The molecule has 4 rings (SSSR count). The lowest BCUT2D eigenvalue weighted by Crippen LogP contribution is -2.31. The highest BCUT2D eigenvalue weighted by Gasteiger charge is 2.28. The van der Waals surface area contributed by atoms with Crippen molar-refractivity contribution in [1.82, 2.24) is 14.9 Å². The fraction of sp³-hybridized carbons (Fsp3) is 0.474. The van der Waals surface area contributed by atoms with Crippen molar-refractivity contribution in [3.63, 3.8) is 0 Å². The molecular weight excluding hydrogens is 286 g/mol. The van der Waals surface area contributed by atoms with E-state index < -0.39 is 0 Å². The van der Waals surface area contributed by atoms with E-state index in [0.717, 1.165) is 37.6 Å². The van der Waals surface area contributed by atoms with Crippen molar-refractivity contribution in [2.75, 3.05) is 13.2 Å². The van der Waals surface area contributed by atoms with Gasteiger partial charge in [0.05, 0.1) is 6.61 Å². The second-order valence-corrected chi connectivity index (χ2v) is 6.48. The van der Waals surface area contributed by atoms with Crippen LogP contribution in [0.2, 0.25) is 0 Å². The number of hydrogen-bond donors (Lipinski definition) is 0. The highest BCUT2D eigenvalue weighted by molar-refractivity contribution is 5.33. The summed E-state index contributed by atoms with van der Waals surface area (Å²) >= 11 is 0. The Hall–Kier alpha value is -1.94. The van der Waals surface area contributed by atoms with E-state index in [1.54, 1.807) is 0 Å². The van der Waals surface area contributed by atoms with Gasteiger partial charge in [-0.3, -0.25) is 4.90 Å². The molecule has 4 nitrogen and oxygen atoms in total. The summed E-state index contributed by atoms with van der Waals surface area (Å²) < 4.78 is 5.75. The SMILES string of the molecule is CCOc1ccccc1CN1CCc2nc(C3CC3)ncc2C1. The third-order valence-corrected chi connectivity index (χ3v) is 4.64. The first-order valence-corrected chi connectivity index (χ1v) is 8.61. The molecule has 1 saturated carbocycles. The summed E-state index contributed by atoms with van der Waals surface area (Å²) in [4.78, 5) is 11.8. The molecule has 1 aromatic heterocycles. The smallest absolute Gasteiger partial charge is 0.131 e. The predicted molar refractivity (Wildman–Crippen MR) is 89.4 cm³/mol. The van der Waals surface area contributed by atoms with Gasteiger partial charge in [-0.25, -0.2) is 9.97 Å². The molecule has 0 atom stereocenters. The zero-order valence-electron chi connectivity index (χ0n) is 13.7. The molecule has 23 heavy (non-hydrogen) atoms. The van der Waals surface area contributed by atoms with E-state index in [1.807, 2.05) is 13.0 Å². The van der Waals surface area contributed by atoms with Gasteiger partial charge in [-0.1, -0.05) is 18.2 Å². The number of ether oxygens (including phenoxy) is 1. The second-order valence-electron chi connectivity index (χ2n) is 6.48. The van der Waals surface area contributed by atoms with Gasteiger partial charge in [-0.15, -0.1) is 0 Å². The topological polar surface area (TPSA) is 38.2 Å². The molecule has 0 unspecified atom stereocenters. The Kier molecular flexibility index (Phi) is 4.00. The van der Waals surface area contributed by atoms with Crippen LogP contribution in [0.4, 0.5) is 0 Å². The van der Waals surface area contributed by atoms with Crippen LogP contribution in [0.1, 0.15) is 48.3 Å². The number of fused-ring (bicyclic) bond motifs is 1. The Balaban J connectivity index is 1.48. The Morgan fingerprint density at radius 1 is 1.26 bits per heavy atom. The Morgan fingerprint density at radius 3 is 2.96 bits per heavy atom. The number of benzene rings is 1. The maximum Gasteiger partial charge on any atom is 0.131 e. The first-order chi connectivity index (χ1) is 11.3. The Morgan fingerprint density at radius 2 is 2.13 bits per heavy atom. The minimum atomic E-state index is 0.636. The van der Waals surface area contributed by atoms with Gasteiger partial charge in [-0.05, 0) is 25.8 Å². The van der Waals surface area contributed by atoms with Crippen LogP contribution in [0, 0.1) is 0 Å². The largest absolute Gasteiger partial charge is 0.494 e. The van der Waals surface area contributed by atoms with E-state index in [1.165, 1.54) is 29.7 Å². The molecule has 0 amide bonds. The van der Waals surface area contributed by atoms with Gasteiger partial charge < -0.3 is 4.74 Å². The molecule has 1 aliphatic carbocycles. The van der Waals surface area contributed by atoms with Gasteiger partial charge in [0.1, 0.15) is 11.6 Å². The number of rotatable bonds is 5. The number of hydrogen-bond acceptors (Lipinski definition) is 4. The Labute approximate surface area is 137 Å². The molecule has 1 aromatic carbocycles. The third-order valence-electron chi connectivity index (χ3n) is 4.64. The molecule has 1 aliphatic heterocycles. The van der Waals surface area contributed by atoms with Crippen LogP contribution in [0.15, 0.2) is 30.5 Å². The minimum absolute atomic E-state index is 0.636. The van der Waals surface area contributed by atoms with E-state index >= 15 is 0 Å². The van der Waals surface area contributed by atoms with Crippen molar-refractivity contribution in [1.29, 1.82) is 0 Å². The summed E-state index contributed by atoms with van der Waals surface area (Å²) in [5.41, 5.74) is 3.80. The Bertz CT molecular complexity index is 697. The van der Waals surface area contributed by atoms with E-state index in [2.05, 4.69) is 34.3 Å². The van der Waals surface area contributed by atoms with Crippen molar-refractivity contribution in [2.24, 2.45) is 0 Å². The molecule has 0 bridgehead atoms. The maximum atomic E-state index is 5.75. The minimum Gasteiger partial charge on any atom is -0.494 e. The average molecular weight is 309 g/mol. The summed E-state index contributed by atoms with van der Waals surface area (Å²) in [7, 11) is 0. The zero-order valence-corrected chi connectivity index (χ0v) is 13.7. The summed E-state index contributed by atoms with van der Waals surface area (Å²) in [5.74, 6) is 2.71. The standard InChI is InChI=1S/C19H23N3O/c1-2-23-18-6-4-3-5-15(18)12-22-10-9-17-16(13-22)11-20-19(21-17)14-7-8-14/h3-6,11,14H,2,7-10,12-13H2,1H3. The molecule has 2 heterocycles. The summed E-state index contributed by atoms with van der Waals surface area (Å²) in [5, 5.41) is 0. The van der Waals surface area contributed by atoms with Gasteiger partial charge in [-0.2, -0.15) is 0 Å². The van der Waals surface area contributed by atoms with Crippen molar-refractivity contribution in [3.05, 3.63) is 53.1 Å². The highest BCUT2D eigenvalue weighted by atomic mass is 16.5. The third kappa shape index (κ3) is 3.22. The molecule has 120 valence electrons. The molecular formula is C19H23N3O. The normalized spacial score (nSPS) is 17.8. The second kappa shape index (κ2) is 6.28. The van der Waals surface area contributed by atoms with Gasteiger partial charge in [0.25, 0.3) is 0 Å². The molecule has 2 aliphatic rings. The summed E-state index contributed by atoms with van der Waals surface area (Å²) in [6.45, 7) is 5.63. The van der Waals surface area contributed by atoms with Gasteiger partial charge in [0.15, 0.2) is 0 Å². The molecule has 0 radical (unpaired) electrons. The van der Waals surface area contributed by atoms with Crippen molar-refractivity contribution in [2.45, 2.75) is 45.2 Å². The summed E-state index contributed by atoms with van der Waals surface area (Å²) in [6.07, 6.45) is 5.60. The molecule has 0 saturated heterocycles. The number of nitrogens with zero attached hydrogens (tertiary/aromatic N) is 3. The predicted octanol–water partition coefficient (Wildman–Crippen LogP) is 3.31. The van der Waals surface area contributed by atoms with E-state index in [4.69, 9.17) is 9.72 Å². The molecule has 0 spiro atoms. The average Bonchev–Trinajstić information content (AvgIpc) is 3.41. The molecule has 1 fully saturated rings. The van der Waals surface area contributed by atoms with E-state index in [0.29, 0.717) is 12.5 Å². The van der Waals surface area contributed by atoms with Crippen LogP contribution < -0.4 is 4.74 Å². The molecule has 2 aromatic rings.